The van der Waals surface area contributed by atoms with Gasteiger partial charge in [-0.15, -0.1) is 0 Å². The van der Waals surface area contributed by atoms with Crippen LogP contribution in [0.25, 0.3) is 11.3 Å². The Hall–Kier alpha value is -2.73. The maximum atomic E-state index is 13.2. The number of carbonyl (C=O) groups excluding carboxylic acids is 2. The average molecular weight is 410 g/mol. The third kappa shape index (κ3) is 5.45. The predicted octanol–water partition coefficient (Wildman–Crippen LogP) is 3.45. The van der Waals surface area contributed by atoms with Crippen LogP contribution in [-0.2, 0) is 9.53 Å². The van der Waals surface area contributed by atoms with E-state index in [1.54, 1.807) is 12.3 Å². The van der Waals surface area contributed by atoms with Crippen LogP contribution in [0.15, 0.2) is 42.6 Å². The predicted molar refractivity (Wildman–Crippen MR) is 117 cm³/mol. The molecule has 0 unspecified atom stereocenters. The fourth-order valence-electron chi connectivity index (χ4n) is 3.82. The number of amides is 2. The lowest BCUT2D eigenvalue weighted by molar-refractivity contribution is -0.126. The zero-order valence-corrected chi connectivity index (χ0v) is 17.9. The van der Waals surface area contributed by atoms with Crippen LogP contribution in [-0.4, -0.2) is 54.5 Å². The van der Waals surface area contributed by atoms with Crippen molar-refractivity contribution in [3.05, 3.63) is 53.7 Å². The smallest absolute Gasteiger partial charge is 0.256 e. The molecule has 2 heterocycles. The van der Waals surface area contributed by atoms with E-state index < -0.39 is 0 Å². The number of ether oxygens (including phenoxy) is 1. The molecule has 0 bridgehead atoms. The van der Waals surface area contributed by atoms with Crippen LogP contribution in [0.3, 0.4) is 0 Å². The lowest BCUT2D eigenvalue weighted by atomic mass is 9.94. The number of piperidine rings is 1. The van der Waals surface area contributed by atoms with Gasteiger partial charge in [0.05, 0.1) is 11.3 Å². The molecule has 1 aromatic carbocycles. The van der Waals surface area contributed by atoms with Gasteiger partial charge in [0.25, 0.3) is 5.91 Å². The van der Waals surface area contributed by atoms with Crippen molar-refractivity contribution in [2.45, 2.75) is 33.1 Å². The van der Waals surface area contributed by atoms with Crippen LogP contribution in [0.4, 0.5) is 0 Å². The molecule has 6 heteroatoms. The van der Waals surface area contributed by atoms with Crippen LogP contribution in [0, 0.1) is 12.8 Å². The topological polar surface area (TPSA) is 71.5 Å². The van der Waals surface area contributed by atoms with Crippen LogP contribution in [0.1, 0.15) is 42.1 Å². The number of rotatable bonds is 8. The van der Waals surface area contributed by atoms with Gasteiger partial charge in [0.1, 0.15) is 0 Å². The lowest BCUT2D eigenvalue weighted by Crippen LogP contribution is -2.43. The second-order valence-electron chi connectivity index (χ2n) is 7.62. The number of benzene rings is 1. The molecule has 1 aliphatic rings. The van der Waals surface area contributed by atoms with Crippen LogP contribution in [0.2, 0.25) is 0 Å². The maximum Gasteiger partial charge on any atom is 0.256 e. The number of aryl methyl sites for hydroxylation is 1. The Balaban J connectivity index is 1.59. The quantitative estimate of drug-likeness (QED) is 0.678. The van der Waals surface area contributed by atoms with E-state index in [-0.39, 0.29) is 17.7 Å². The van der Waals surface area contributed by atoms with E-state index in [1.165, 1.54) is 0 Å². The van der Waals surface area contributed by atoms with Crippen molar-refractivity contribution in [2.24, 2.45) is 5.92 Å². The monoisotopic (exact) mass is 409 g/mol. The van der Waals surface area contributed by atoms with Gasteiger partial charge in [-0.2, -0.15) is 0 Å². The molecule has 0 atom stereocenters. The summed E-state index contributed by atoms with van der Waals surface area (Å²) in [6.45, 7) is 7.14. The molecular formula is C24H31N3O3. The van der Waals surface area contributed by atoms with Gasteiger partial charge in [0, 0.05) is 50.5 Å². The second-order valence-corrected chi connectivity index (χ2v) is 7.62. The number of hydrogen-bond donors (Lipinski definition) is 1. The van der Waals surface area contributed by atoms with E-state index in [0.29, 0.717) is 51.3 Å². The summed E-state index contributed by atoms with van der Waals surface area (Å²) in [5.41, 5.74) is 3.40. The highest BCUT2D eigenvalue weighted by atomic mass is 16.5. The highest BCUT2D eigenvalue weighted by molar-refractivity contribution is 6.00. The molecule has 2 aromatic rings. The molecule has 1 N–H and O–H groups in total. The molecule has 0 radical (unpaired) electrons. The van der Waals surface area contributed by atoms with Crippen LogP contribution in [0.5, 0.6) is 0 Å². The minimum absolute atomic E-state index is 0.0167. The molecule has 1 fully saturated rings. The number of nitrogens with zero attached hydrogens (tertiary/aromatic N) is 2. The summed E-state index contributed by atoms with van der Waals surface area (Å²) in [5, 5.41) is 2.99. The molecule has 1 aliphatic heterocycles. The Bertz CT molecular complexity index is 860. The first-order valence-electron chi connectivity index (χ1n) is 10.8. The third-order valence-electron chi connectivity index (χ3n) is 5.56. The van der Waals surface area contributed by atoms with Gasteiger partial charge in [-0.1, -0.05) is 24.3 Å². The van der Waals surface area contributed by atoms with Crippen molar-refractivity contribution in [2.75, 3.05) is 32.8 Å². The highest BCUT2D eigenvalue weighted by Crippen LogP contribution is 2.27. The minimum atomic E-state index is -0.0362. The van der Waals surface area contributed by atoms with E-state index in [0.717, 1.165) is 23.2 Å². The molecule has 0 saturated carbocycles. The van der Waals surface area contributed by atoms with E-state index in [4.69, 9.17) is 4.74 Å². The second kappa shape index (κ2) is 10.9. The maximum absolute atomic E-state index is 13.2. The summed E-state index contributed by atoms with van der Waals surface area (Å²) in [6, 6.07) is 11.6. The standard InChI is InChI=1S/C24H31N3O3/c1-3-30-17-7-14-26-23(28)19-11-15-27(16-12-19)24(29)21-10-6-13-25-22(21)20-9-5-4-8-18(20)2/h4-6,8-10,13,19H,3,7,11-12,14-17H2,1-2H3,(H,26,28). The zero-order chi connectivity index (χ0) is 21.3. The molecular weight excluding hydrogens is 378 g/mol. The molecule has 3 rings (SSSR count). The molecule has 30 heavy (non-hydrogen) atoms. The summed E-state index contributed by atoms with van der Waals surface area (Å²) in [4.78, 5) is 32.0. The first-order chi connectivity index (χ1) is 14.6. The first kappa shape index (κ1) is 22.0. The Labute approximate surface area is 178 Å². The van der Waals surface area contributed by atoms with Crippen molar-refractivity contribution >= 4 is 11.8 Å². The van der Waals surface area contributed by atoms with Crippen LogP contribution < -0.4 is 5.32 Å². The average Bonchev–Trinajstić information content (AvgIpc) is 2.79. The summed E-state index contributed by atoms with van der Waals surface area (Å²) in [7, 11) is 0. The van der Waals surface area contributed by atoms with E-state index in [9.17, 15) is 9.59 Å². The Morgan fingerprint density at radius 2 is 1.93 bits per heavy atom. The molecule has 0 aliphatic carbocycles. The Morgan fingerprint density at radius 1 is 1.17 bits per heavy atom. The van der Waals surface area contributed by atoms with Crippen molar-refractivity contribution in [1.29, 1.82) is 0 Å². The Morgan fingerprint density at radius 3 is 2.67 bits per heavy atom. The number of likely N-dealkylation sites (tertiary alicyclic amines) is 1. The number of aromatic nitrogens is 1. The molecule has 6 nitrogen and oxygen atoms in total. The summed E-state index contributed by atoms with van der Waals surface area (Å²) in [6.07, 6.45) is 3.91. The number of nitrogens with one attached hydrogen (secondary N) is 1. The van der Waals surface area contributed by atoms with E-state index in [1.807, 2.05) is 49.1 Å². The van der Waals surface area contributed by atoms with Crippen molar-refractivity contribution in [1.82, 2.24) is 15.2 Å². The number of carbonyl (C=O) groups is 2. The van der Waals surface area contributed by atoms with Gasteiger partial charge < -0.3 is 15.0 Å². The van der Waals surface area contributed by atoms with Crippen molar-refractivity contribution < 1.29 is 14.3 Å². The van der Waals surface area contributed by atoms with Gasteiger partial charge in [-0.05, 0) is 50.8 Å². The third-order valence-corrected chi connectivity index (χ3v) is 5.56. The van der Waals surface area contributed by atoms with Gasteiger partial charge in [0.2, 0.25) is 5.91 Å². The molecule has 160 valence electrons. The lowest BCUT2D eigenvalue weighted by Gasteiger charge is -2.31. The molecule has 1 aromatic heterocycles. The fraction of sp³-hybridized carbons (Fsp3) is 0.458. The largest absolute Gasteiger partial charge is 0.382 e. The number of pyridine rings is 1. The fourth-order valence-corrected chi connectivity index (χ4v) is 3.82. The first-order valence-corrected chi connectivity index (χ1v) is 10.8. The van der Waals surface area contributed by atoms with Crippen molar-refractivity contribution in [3.8, 4) is 11.3 Å². The van der Waals surface area contributed by atoms with Gasteiger partial charge in [-0.3, -0.25) is 14.6 Å². The summed E-state index contributed by atoms with van der Waals surface area (Å²) >= 11 is 0. The summed E-state index contributed by atoms with van der Waals surface area (Å²) < 4.78 is 5.29. The zero-order valence-electron chi connectivity index (χ0n) is 17.9. The molecule has 2 amide bonds. The van der Waals surface area contributed by atoms with Gasteiger partial charge >= 0.3 is 0 Å². The SMILES string of the molecule is CCOCCCNC(=O)C1CCN(C(=O)c2cccnc2-c2ccccc2C)CC1. The molecule has 1 saturated heterocycles. The number of hydrogen-bond acceptors (Lipinski definition) is 4. The van der Waals surface area contributed by atoms with E-state index >= 15 is 0 Å². The highest BCUT2D eigenvalue weighted by Gasteiger charge is 2.29. The van der Waals surface area contributed by atoms with Crippen molar-refractivity contribution in [3.63, 3.8) is 0 Å². The van der Waals surface area contributed by atoms with Crippen LogP contribution >= 0.6 is 0 Å². The van der Waals surface area contributed by atoms with E-state index in [2.05, 4.69) is 10.3 Å². The minimum Gasteiger partial charge on any atom is -0.382 e. The normalized spacial score (nSPS) is 14.5. The van der Waals surface area contributed by atoms with Gasteiger partial charge in [-0.25, -0.2) is 0 Å². The Kier molecular flexibility index (Phi) is 7.97. The summed E-state index contributed by atoms with van der Waals surface area (Å²) in [5.74, 6) is 0.0309. The van der Waals surface area contributed by atoms with Gasteiger partial charge in [0.15, 0.2) is 0 Å². The molecule has 0 spiro atoms.